The third-order valence-electron chi connectivity index (χ3n) is 2.01. The molecule has 0 saturated heterocycles. The van der Waals surface area contributed by atoms with Gasteiger partial charge in [-0.1, -0.05) is 13.0 Å². The molecule has 1 aromatic rings. The van der Waals surface area contributed by atoms with Gasteiger partial charge in [-0.3, -0.25) is 4.98 Å². The topological polar surface area (TPSA) is 45.1 Å². The zero-order valence-electron chi connectivity index (χ0n) is 7.90. The average Bonchev–Trinajstić information content (AvgIpc) is 2.21. The highest BCUT2D eigenvalue weighted by Gasteiger charge is 2.02. The second-order valence-electron chi connectivity index (χ2n) is 2.99. The molecule has 0 radical (unpaired) electrons. The van der Waals surface area contributed by atoms with Crippen LogP contribution in [0.1, 0.15) is 19.0 Å². The van der Waals surface area contributed by atoms with Crippen LogP contribution in [-0.2, 0) is 6.54 Å². The molecule has 0 saturated carbocycles. The highest BCUT2D eigenvalue weighted by Crippen LogP contribution is 1.95. The van der Waals surface area contributed by atoms with E-state index in [-0.39, 0.29) is 12.6 Å². The van der Waals surface area contributed by atoms with Gasteiger partial charge < -0.3 is 10.4 Å². The van der Waals surface area contributed by atoms with E-state index in [0.29, 0.717) is 0 Å². The fraction of sp³-hybridized carbons (Fsp3) is 0.500. The maximum atomic E-state index is 8.92. The fourth-order valence-electron chi connectivity index (χ4n) is 1.09. The molecule has 13 heavy (non-hydrogen) atoms. The van der Waals surface area contributed by atoms with Gasteiger partial charge in [0.05, 0.1) is 12.3 Å². The summed E-state index contributed by atoms with van der Waals surface area (Å²) in [5, 5.41) is 12.1. The van der Waals surface area contributed by atoms with Crippen molar-refractivity contribution in [3.05, 3.63) is 30.1 Å². The van der Waals surface area contributed by atoms with Crippen molar-refractivity contribution in [2.45, 2.75) is 25.9 Å². The third kappa shape index (κ3) is 3.53. The van der Waals surface area contributed by atoms with Gasteiger partial charge in [0, 0.05) is 18.8 Å². The van der Waals surface area contributed by atoms with E-state index in [1.165, 1.54) is 0 Å². The summed E-state index contributed by atoms with van der Waals surface area (Å²) in [6.45, 7) is 2.95. The molecule has 0 aliphatic carbocycles. The van der Waals surface area contributed by atoms with Gasteiger partial charge in [0.25, 0.3) is 0 Å². The molecule has 0 aliphatic heterocycles. The minimum Gasteiger partial charge on any atom is -0.395 e. The lowest BCUT2D eigenvalue weighted by Gasteiger charge is -2.12. The number of nitrogens with one attached hydrogen (secondary N) is 1. The molecule has 0 fully saturated rings. The summed E-state index contributed by atoms with van der Waals surface area (Å²) in [7, 11) is 0. The van der Waals surface area contributed by atoms with Crippen molar-refractivity contribution in [1.82, 2.24) is 10.3 Å². The molecule has 2 N–H and O–H groups in total. The van der Waals surface area contributed by atoms with Crippen molar-refractivity contribution in [3.8, 4) is 0 Å². The number of aliphatic hydroxyl groups excluding tert-OH is 1. The molecule has 3 heteroatoms. The molecule has 72 valence electrons. The second-order valence-corrected chi connectivity index (χ2v) is 2.99. The minimum absolute atomic E-state index is 0.182. The van der Waals surface area contributed by atoms with Gasteiger partial charge in [-0.05, 0) is 18.6 Å². The van der Waals surface area contributed by atoms with Crippen LogP contribution in [0.5, 0.6) is 0 Å². The van der Waals surface area contributed by atoms with Crippen molar-refractivity contribution in [1.29, 1.82) is 0 Å². The maximum Gasteiger partial charge on any atom is 0.0584 e. The molecular formula is C10H16N2O. The molecule has 1 aromatic heterocycles. The Morgan fingerprint density at radius 3 is 2.92 bits per heavy atom. The Morgan fingerprint density at radius 2 is 2.38 bits per heavy atom. The van der Waals surface area contributed by atoms with Crippen LogP contribution in [0, 0.1) is 0 Å². The summed E-state index contributed by atoms with van der Waals surface area (Å²) in [5.74, 6) is 0. The predicted octanol–water partition coefficient (Wildman–Crippen LogP) is 0.942. The Hall–Kier alpha value is -0.930. The van der Waals surface area contributed by atoms with Gasteiger partial charge in [-0.25, -0.2) is 0 Å². The van der Waals surface area contributed by atoms with E-state index < -0.39 is 0 Å². The SMILES string of the molecule is CC[C@H](CO)NCc1ccccn1. The van der Waals surface area contributed by atoms with Crippen molar-refractivity contribution >= 4 is 0 Å². The van der Waals surface area contributed by atoms with Crippen LogP contribution >= 0.6 is 0 Å². The number of pyridine rings is 1. The van der Waals surface area contributed by atoms with Gasteiger partial charge in [0.15, 0.2) is 0 Å². The Balaban J connectivity index is 2.34. The molecular weight excluding hydrogens is 164 g/mol. The lowest BCUT2D eigenvalue weighted by molar-refractivity contribution is 0.238. The van der Waals surface area contributed by atoms with E-state index in [0.717, 1.165) is 18.7 Å². The quantitative estimate of drug-likeness (QED) is 0.709. The van der Waals surface area contributed by atoms with Crippen molar-refractivity contribution in [2.24, 2.45) is 0 Å². The van der Waals surface area contributed by atoms with Crippen molar-refractivity contribution in [3.63, 3.8) is 0 Å². The molecule has 0 spiro atoms. The molecule has 0 bridgehead atoms. The van der Waals surface area contributed by atoms with Gasteiger partial charge in [-0.15, -0.1) is 0 Å². The first-order chi connectivity index (χ1) is 6.36. The van der Waals surface area contributed by atoms with Gasteiger partial charge >= 0.3 is 0 Å². The zero-order valence-corrected chi connectivity index (χ0v) is 7.90. The van der Waals surface area contributed by atoms with E-state index in [9.17, 15) is 0 Å². The number of rotatable bonds is 5. The molecule has 0 aliphatic rings. The monoisotopic (exact) mass is 180 g/mol. The molecule has 0 aromatic carbocycles. The normalized spacial score (nSPS) is 12.8. The van der Waals surface area contributed by atoms with Crippen LogP contribution in [0.25, 0.3) is 0 Å². The van der Waals surface area contributed by atoms with Gasteiger partial charge in [-0.2, -0.15) is 0 Å². The van der Waals surface area contributed by atoms with Gasteiger partial charge in [0.2, 0.25) is 0 Å². The lowest BCUT2D eigenvalue weighted by Crippen LogP contribution is -2.31. The summed E-state index contributed by atoms with van der Waals surface area (Å²) in [5.41, 5.74) is 1.01. The highest BCUT2D eigenvalue weighted by molar-refractivity contribution is 5.03. The van der Waals surface area contributed by atoms with Gasteiger partial charge in [0.1, 0.15) is 0 Å². The second kappa shape index (κ2) is 5.67. The van der Waals surface area contributed by atoms with Crippen LogP contribution in [0.15, 0.2) is 24.4 Å². The zero-order chi connectivity index (χ0) is 9.52. The number of hydrogen-bond acceptors (Lipinski definition) is 3. The first-order valence-electron chi connectivity index (χ1n) is 4.61. The van der Waals surface area contributed by atoms with Crippen molar-refractivity contribution < 1.29 is 5.11 Å². The summed E-state index contributed by atoms with van der Waals surface area (Å²) in [6, 6.07) is 6.01. The lowest BCUT2D eigenvalue weighted by atomic mass is 10.2. The maximum absolute atomic E-state index is 8.92. The molecule has 0 unspecified atom stereocenters. The number of aliphatic hydroxyl groups is 1. The summed E-state index contributed by atoms with van der Waals surface area (Å²) in [4.78, 5) is 4.18. The van der Waals surface area contributed by atoms with Crippen LogP contribution in [0.2, 0.25) is 0 Å². The summed E-state index contributed by atoms with van der Waals surface area (Å²) in [6.07, 6.45) is 2.71. The fourth-order valence-corrected chi connectivity index (χ4v) is 1.09. The van der Waals surface area contributed by atoms with E-state index >= 15 is 0 Å². The average molecular weight is 180 g/mol. The third-order valence-corrected chi connectivity index (χ3v) is 2.01. The first kappa shape index (κ1) is 10.2. The van der Waals surface area contributed by atoms with E-state index in [1.807, 2.05) is 25.1 Å². The minimum atomic E-state index is 0.182. The number of nitrogens with zero attached hydrogens (tertiary/aromatic N) is 1. The van der Waals surface area contributed by atoms with E-state index in [4.69, 9.17) is 5.11 Å². The smallest absolute Gasteiger partial charge is 0.0584 e. The molecule has 1 heterocycles. The summed E-state index contributed by atoms with van der Waals surface area (Å²) < 4.78 is 0. The Morgan fingerprint density at radius 1 is 1.54 bits per heavy atom. The molecule has 1 atom stereocenters. The predicted molar refractivity (Wildman–Crippen MR) is 52.2 cm³/mol. The van der Waals surface area contributed by atoms with Crippen molar-refractivity contribution in [2.75, 3.05) is 6.61 Å². The Kier molecular flexibility index (Phi) is 4.43. The number of aromatic nitrogens is 1. The number of hydrogen-bond donors (Lipinski definition) is 2. The van der Waals surface area contributed by atoms with E-state index in [1.54, 1.807) is 6.20 Å². The standard InChI is InChI=1S/C10H16N2O/c1-2-9(8-13)12-7-10-5-3-4-6-11-10/h3-6,9,12-13H,2,7-8H2,1H3/t9-/m1/s1. The molecule has 1 rings (SSSR count). The van der Waals surface area contributed by atoms with Crippen LogP contribution in [0.3, 0.4) is 0 Å². The Labute approximate surface area is 78.8 Å². The largest absolute Gasteiger partial charge is 0.395 e. The van der Waals surface area contributed by atoms with E-state index in [2.05, 4.69) is 10.3 Å². The summed E-state index contributed by atoms with van der Waals surface area (Å²) >= 11 is 0. The molecule has 3 nitrogen and oxygen atoms in total. The first-order valence-corrected chi connectivity index (χ1v) is 4.61. The van der Waals surface area contributed by atoms with Crippen LogP contribution < -0.4 is 5.32 Å². The highest BCUT2D eigenvalue weighted by atomic mass is 16.3. The Bertz CT molecular complexity index is 222. The van der Waals surface area contributed by atoms with Crippen LogP contribution in [-0.4, -0.2) is 22.7 Å². The molecule has 0 amide bonds. The van der Waals surface area contributed by atoms with Crippen LogP contribution in [0.4, 0.5) is 0 Å².